The summed E-state index contributed by atoms with van der Waals surface area (Å²) in [5.74, 6) is 0.540. The Morgan fingerprint density at radius 2 is 2.21 bits per heavy atom. The second-order valence-corrected chi connectivity index (χ2v) is 4.18. The van der Waals surface area contributed by atoms with Crippen LogP contribution in [0.25, 0.3) is 0 Å². The average molecular weight is 259 g/mol. The Balaban J connectivity index is 2.09. The molecule has 0 fully saturated rings. The summed E-state index contributed by atoms with van der Waals surface area (Å²) in [6.07, 6.45) is 1.64. The van der Waals surface area contributed by atoms with Crippen molar-refractivity contribution in [3.8, 4) is 0 Å². The van der Waals surface area contributed by atoms with E-state index in [0.29, 0.717) is 12.2 Å². The maximum Gasteiger partial charge on any atom is 0.338 e. The molecule has 1 atom stereocenters. The summed E-state index contributed by atoms with van der Waals surface area (Å²) in [5, 5.41) is 3.28. The molecule has 0 saturated carbocycles. The van der Waals surface area contributed by atoms with Crippen LogP contribution in [0.2, 0.25) is 0 Å². The maximum atomic E-state index is 11.6. The Labute approximate surface area is 112 Å². The zero-order valence-corrected chi connectivity index (χ0v) is 11.1. The van der Waals surface area contributed by atoms with Crippen molar-refractivity contribution in [2.45, 2.75) is 19.9 Å². The predicted octanol–water partition coefficient (Wildman–Crippen LogP) is 3.63. The van der Waals surface area contributed by atoms with Gasteiger partial charge in [0.2, 0.25) is 0 Å². The van der Waals surface area contributed by atoms with Crippen molar-refractivity contribution < 1.29 is 13.9 Å². The van der Waals surface area contributed by atoms with Crippen LogP contribution in [-0.2, 0) is 4.74 Å². The van der Waals surface area contributed by atoms with E-state index in [1.165, 1.54) is 0 Å². The van der Waals surface area contributed by atoms with Gasteiger partial charge < -0.3 is 14.5 Å². The third-order valence-corrected chi connectivity index (χ3v) is 2.73. The highest BCUT2D eigenvalue weighted by molar-refractivity contribution is 5.90. The molecule has 0 aliphatic rings. The van der Waals surface area contributed by atoms with Crippen molar-refractivity contribution in [2.75, 3.05) is 11.9 Å². The molecule has 0 aliphatic carbocycles. The van der Waals surface area contributed by atoms with Crippen LogP contribution >= 0.6 is 0 Å². The first-order valence-electron chi connectivity index (χ1n) is 6.28. The number of carbonyl (C=O) groups excluding carboxylic acids is 1. The minimum Gasteiger partial charge on any atom is -0.467 e. The fourth-order valence-electron chi connectivity index (χ4n) is 1.81. The van der Waals surface area contributed by atoms with Crippen LogP contribution < -0.4 is 5.32 Å². The number of nitrogens with one attached hydrogen (secondary N) is 1. The zero-order chi connectivity index (χ0) is 13.7. The minimum atomic E-state index is -0.309. The van der Waals surface area contributed by atoms with Gasteiger partial charge in [-0.1, -0.05) is 6.07 Å². The molecular formula is C15H17NO3. The molecule has 0 spiro atoms. The van der Waals surface area contributed by atoms with Gasteiger partial charge in [0.25, 0.3) is 0 Å². The van der Waals surface area contributed by atoms with Crippen LogP contribution in [-0.4, -0.2) is 12.6 Å². The molecule has 0 saturated heterocycles. The zero-order valence-electron chi connectivity index (χ0n) is 11.1. The summed E-state index contributed by atoms with van der Waals surface area (Å²) in [6, 6.07) is 11.0. The lowest BCUT2D eigenvalue weighted by atomic mass is 10.1. The normalized spacial score (nSPS) is 11.9. The van der Waals surface area contributed by atoms with Crippen molar-refractivity contribution in [2.24, 2.45) is 0 Å². The number of furan rings is 1. The topological polar surface area (TPSA) is 51.5 Å². The second kappa shape index (κ2) is 6.09. The highest BCUT2D eigenvalue weighted by Crippen LogP contribution is 2.20. The van der Waals surface area contributed by atoms with Crippen LogP contribution in [0.3, 0.4) is 0 Å². The van der Waals surface area contributed by atoms with E-state index in [4.69, 9.17) is 9.15 Å². The fraction of sp³-hybridized carbons (Fsp3) is 0.267. The quantitative estimate of drug-likeness (QED) is 0.833. The SMILES string of the molecule is CCOC(=O)c1cccc(NC(C)c2ccco2)c1. The number of hydrogen-bond acceptors (Lipinski definition) is 4. The van der Waals surface area contributed by atoms with E-state index in [1.807, 2.05) is 31.2 Å². The molecule has 1 N–H and O–H groups in total. The molecular weight excluding hydrogens is 242 g/mol. The number of ether oxygens (including phenoxy) is 1. The summed E-state index contributed by atoms with van der Waals surface area (Å²) >= 11 is 0. The summed E-state index contributed by atoms with van der Waals surface area (Å²) in [6.45, 7) is 4.16. The minimum absolute atomic E-state index is 0.0347. The van der Waals surface area contributed by atoms with Gasteiger partial charge in [-0.15, -0.1) is 0 Å². The van der Waals surface area contributed by atoms with Crippen molar-refractivity contribution >= 4 is 11.7 Å². The van der Waals surface area contributed by atoms with Gasteiger partial charge in [-0.2, -0.15) is 0 Å². The molecule has 0 aliphatic heterocycles. The largest absolute Gasteiger partial charge is 0.467 e. The summed E-state index contributed by atoms with van der Waals surface area (Å²) in [4.78, 5) is 11.6. The number of anilines is 1. The number of carbonyl (C=O) groups is 1. The first kappa shape index (κ1) is 13.2. The molecule has 1 aromatic heterocycles. The van der Waals surface area contributed by atoms with E-state index < -0.39 is 0 Å². The van der Waals surface area contributed by atoms with Crippen LogP contribution in [0, 0.1) is 0 Å². The van der Waals surface area contributed by atoms with Gasteiger partial charge in [-0.05, 0) is 44.2 Å². The first-order chi connectivity index (χ1) is 9.20. The molecule has 2 rings (SSSR count). The fourth-order valence-corrected chi connectivity index (χ4v) is 1.81. The molecule has 1 aromatic carbocycles. The number of benzene rings is 1. The molecule has 1 unspecified atom stereocenters. The molecule has 4 nitrogen and oxygen atoms in total. The first-order valence-corrected chi connectivity index (χ1v) is 6.28. The van der Waals surface area contributed by atoms with E-state index in [9.17, 15) is 4.79 Å². The highest BCUT2D eigenvalue weighted by atomic mass is 16.5. The Hall–Kier alpha value is -2.23. The van der Waals surface area contributed by atoms with E-state index in [0.717, 1.165) is 11.4 Å². The van der Waals surface area contributed by atoms with Crippen molar-refractivity contribution in [3.05, 3.63) is 54.0 Å². The molecule has 1 heterocycles. The van der Waals surface area contributed by atoms with Gasteiger partial charge >= 0.3 is 5.97 Å². The van der Waals surface area contributed by atoms with Crippen molar-refractivity contribution in [1.82, 2.24) is 0 Å². The average Bonchev–Trinajstić information content (AvgIpc) is 2.93. The molecule has 4 heteroatoms. The third kappa shape index (κ3) is 3.37. The Morgan fingerprint density at radius 3 is 2.89 bits per heavy atom. The van der Waals surface area contributed by atoms with Gasteiger partial charge in [-0.3, -0.25) is 0 Å². The highest BCUT2D eigenvalue weighted by Gasteiger charge is 2.10. The standard InChI is InChI=1S/C15H17NO3/c1-3-18-15(17)12-6-4-7-13(10-12)16-11(2)14-8-5-9-19-14/h4-11,16H,3H2,1-2H3. The Bertz CT molecular complexity index is 534. The van der Waals surface area contributed by atoms with Gasteiger partial charge in [0.1, 0.15) is 5.76 Å². The monoisotopic (exact) mass is 259 g/mol. The second-order valence-electron chi connectivity index (χ2n) is 4.18. The molecule has 2 aromatic rings. The van der Waals surface area contributed by atoms with Gasteiger partial charge in [0, 0.05) is 5.69 Å². The van der Waals surface area contributed by atoms with Crippen molar-refractivity contribution in [1.29, 1.82) is 0 Å². The summed E-state index contributed by atoms with van der Waals surface area (Å²) in [7, 11) is 0. The van der Waals surface area contributed by atoms with Crippen LogP contribution in [0.5, 0.6) is 0 Å². The lowest BCUT2D eigenvalue weighted by molar-refractivity contribution is 0.0526. The number of rotatable bonds is 5. The van der Waals surface area contributed by atoms with Gasteiger partial charge in [0.05, 0.1) is 24.5 Å². The predicted molar refractivity (Wildman–Crippen MR) is 73.1 cm³/mol. The smallest absolute Gasteiger partial charge is 0.338 e. The molecule has 100 valence electrons. The summed E-state index contributed by atoms with van der Waals surface area (Å²) in [5.41, 5.74) is 1.40. The molecule has 0 amide bonds. The molecule has 19 heavy (non-hydrogen) atoms. The lowest BCUT2D eigenvalue weighted by Gasteiger charge is -2.13. The van der Waals surface area contributed by atoms with Crippen LogP contribution in [0.15, 0.2) is 47.1 Å². The molecule has 0 radical (unpaired) electrons. The van der Waals surface area contributed by atoms with E-state index >= 15 is 0 Å². The maximum absolute atomic E-state index is 11.6. The van der Waals surface area contributed by atoms with Gasteiger partial charge in [0.15, 0.2) is 0 Å². The van der Waals surface area contributed by atoms with Crippen molar-refractivity contribution in [3.63, 3.8) is 0 Å². The van der Waals surface area contributed by atoms with E-state index in [2.05, 4.69) is 5.32 Å². The Morgan fingerprint density at radius 1 is 1.37 bits per heavy atom. The number of esters is 1. The number of hydrogen-bond donors (Lipinski definition) is 1. The van der Waals surface area contributed by atoms with Gasteiger partial charge in [-0.25, -0.2) is 4.79 Å². The summed E-state index contributed by atoms with van der Waals surface area (Å²) < 4.78 is 10.3. The lowest BCUT2D eigenvalue weighted by Crippen LogP contribution is -2.08. The Kier molecular flexibility index (Phi) is 4.23. The van der Waals surface area contributed by atoms with E-state index in [-0.39, 0.29) is 12.0 Å². The van der Waals surface area contributed by atoms with Crippen LogP contribution in [0.1, 0.15) is 36.0 Å². The van der Waals surface area contributed by atoms with Crippen LogP contribution in [0.4, 0.5) is 5.69 Å². The third-order valence-electron chi connectivity index (χ3n) is 2.73. The van der Waals surface area contributed by atoms with E-state index in [1.54, 1.807) is 25.3 Å². The molecule has 0 bridgehead atoms.